The molecule has 0 saturated heterocycles. The van der Waals surface area contributed by atoms with Crippen molar-refractivity contribution in [2.24, 2.45) is 0 Å². The van der Waals surface area contributed by atoms with Crippen molar-refractivity contribution >= 4 is 22.8 Å². The highest BCUT2D eigenvalue weighted by molar-refractivity contribution is 6.30. The fraction of sp³-hybridized carbons (Fsp3) is 0.150. The SMILES string of the molecule is CCn1c(=O)c2ncn(Cc3ccccc3)c2n(-c2ccc(Cl)cc2)c1=O. The van der Waals surface area contributed by atoms with Gasteiger partial charge in [-0.1, -0.05) is 41.9 Å². The Morgan fingerprint density at radius 2 is 1.70 bits per heavy atom. The van der Waals surface area contributed by atoms with Crippen LogP contribution in [0.4, 0.5) is 0 Å². The van der Waals surface area contributed by atoms with Crippen LogP contribution < -0.4 is 11.2 Å². The summed E-state index contributed by atoms with van der Waals surface area (Å²) in [7, 11) is 0. The van der Waals surface area contributed by atoms with Gasteiger partial charge in [0, 0.05) is 11.6 Å². The minimum Gasteiger partial charge on any atom is -0.312 e. The van der Waals surface area contributed by atoms with Gasteiger partial charge in [-0.15, -0.1) is 0 Å². The first kappa shape index (κ1) is 17.3. The number of hydrogen-bond acceptors (Lipinski definition) is 3. The van der Waals surface area contributed by atoms with Gasteiger partial charge in [-0.25, -0.2) is 14.3 Å². The largest absolute Gasteiger partial charge is 0.337 e. The molecule has 0 saturated carbocycles. The third-order valence-electron chi connectivity index (χ3n) is 4.49. The van der Waals surface area contributed by atoms with Gasteiger partial charge in [-0.3, -0.25) is 9.36 Å². The summed E-state index contributed by atoms with van der Waals surface area (Å²) in [5, 5.41) is 0.574. The number of halogens is 1. The number of fused-ring (bicyclic) bond motifs is 1. The Hall–Kier alpha value is -3.12. The molecule has 7 heteroatoms. The van der Waals surface area contributed by atoms with E-state index in [0.29, 0.717) is 22.9 Å². The van der Waals surface area contributed by atoms with Crippen molar-refractivity contribution in [3.63, 3.8) is 0 Å². The summed E-state index contributed by atoms with van der Waals surface area (Å²) in [5.74, 6) is 0. The third-order valence-corrected chi connectivity index (χ3v) is 4.74. The first-order valence-electron chi connectivity index (χ1n) is 8.60. The average Bonchev–Trinajstić information content (AvgIpc) is 3.08. The molecule has 0 aliphatic carbocycles. The lowest BCUT2D eigenvalue weighted by molar-refractivity contribution is 0.653. The van der Waals surface area contributed by atoms with Crippen LogP contribution in [0.1, 0.15) is 12.5 Å². The maximum atomic E-state index is 13.1. The molecule has 2 aromatic carbocycles. The molecule has 0 fully saturated rings. The first-order chi connectivity index (χ1) is 13.1. The van der Waals surface area contributed by atoms with Crippen molar-refractivity contribution in [1.82, 2.24) is 18.7 Å². The van der Waals surface area contributed by atoms with Gasteiger partial charge in [0.25, 0.3) is 5.56 Å². The van der Waals surface area contributed by atoms with E-state index >= 15 is 0 Å². The summed E-state index contributed by atoms with van der Waals surface area (Å²) in [4.78, 5) is 30.1. The molecule has 0 N–H and O–H groups in total. The van der Waals surface area contributed by atoms with Gasteiger partial charge in [0.05, 0.1) is 18.6 Å². The molecule has 0 amide bonds. The highest BCUT2D eigenvalue weighted by Gasteiger charge is 2.18. The molecule has 0 aliphatic rings. The van der Waals surface area contributed by atoms with Crippen LogP contribution in [-0.2, 0) is 13.1 Å². The quantitative estimate of drug-likeness (QED) is 0.546. The van der Waals surface area contributed by atoms with E-state index in [9.17, 15) is 9.59 Å². The molecule has 4 rings (SSSR count). The zero-order chi connectivity index (χ0) is 19.0. The van der Waals surface area contributed by atoms with E-state index in [-0.39, 0.29) is 17.6 Å². The Balaban J connectivity index is 2.04. The predicted octanol–water partition coefficient (Wildman–Crippen LogP) is 3.07. The molecule has 4 aromatic rings. The lowest BCUT2D eigenvalue weighted by Gasteiger charge is -2.13. The molecule has 2 heterocycles. The van der Waals surface area contributed by atoms with Crippen LogP contribution in [0.5, 0.6) is 0 Å². The van der Waals surface area contributed by atoms with Gasteiger partial charge in [0.2, 0.25) is 0 Å². The maximum absolute atomic E-state index is 13.1. The monoisotopic (exact) mass is 380 g/mol. The fourth-order valence-corrected chi connectivity index (χ4v) is 3.31. The molecular formula is C20H17ClN4O2. The molecular weight excluding hydrogens is 364 g/mol. The van der Waals surface area contributed by atoms with Gasteiger partial charge in [-0.05, 0) is 36.8 Å². The van der Waals surface area contributed by atoms with Crippen LogP contribution in [0.3, 0.4) is 0 Å². The molecule has 136 valence electrons. The Bertz CT molecular complexity index is 1220. The number of aromatic nitrogens is 4. The third kappa shape index (κ3) is 2.98. The van der Waals surface area contributed by atoms with Crippen LogP contribution in [0.2, 0.25) is 5.02 Å². The van der Waals surface area contributed by atoms with Crippen LogP contribution in [0.15, 0.2) is 70.5 Å². The Labute approximate surface area is 159 Å². The topological polar surface area (TPSA) is 61.8 Å². The molecule has 0 unspecified atom stereocenters. The Kier molecular flexibility index (Phi) is 4.41. The summed E-state index contributed by atoms with van der Waals surface area (Å²) in [6.45, 7) is 2.54. The van der Waals surface area contributed by atoms with Crippen LogP contribution in [-0.4, -0.2) is 18.7 Å². The van der Waals surface area contributed by atoms with Gasteiger partial charge < -0.3 is 4.57 Å². The number of benzene rings is 2. The molecule has 27 heavy (non-hydrogen) atoms. The summed E-state index contributed by atoms with van der Waals surface area (Å²) in [6.07, 6.45) is 1.60. The van der Waals surface area contributed by atoms with Gasteiger partial charge in [0.1, 0.15) is 0 Å². The van der Waals surface area contributed by atoms with E-state index in [1.54, 1.807) is 37.5 Å². The summed E-state index contributed by atoms with van der Waals surface area (Å²) >= 11 is 6.00. The second kappa shape index (κ2) is 6.89. The maximum Gasteiger partial charge on any atom is 0.337 e. The molecule has 0 aliphatic heterocycles. The highest BCUT2D eigenvalue weighted by Crippen LogP contribution is 2.17. The smallest absolute Gasteiger partial charge is 0.312 e. The first-order valence-corrected chi connectivity index (χ1v) is 8.98. The van der Waals surface area contributed by atoms with Gasteiger partial charge in [0.15, 0.2) is 11.2 Å². The summed E-state index contributed by atoms with van der Waals surface area (Å²) in [6, 6.07) is 16.8. The van der Waals surface area contributed by atoms with Crippen molar-refractivity contribution in [1.29, 1.82) is 0 Å². The van der Waals surface area contributed by atoms with E-state index < -0.39 is 5.69 Å². The van der Waals surface area contributed by atoms with Crippen molar-refractivity contribution in [2.45, 2.75) is 20.0 Å². The Morgan fingerprint density at radius 1 is 1.00 bits per heavy atom. The van der Waals surface area contributed by atoms with Crippen molar-refractivity contribution < 1.29 is 0 Å². The number of hydrogen-bond donors (Lipinski definition) is 0. The molecule has 0 spiro atoms. The zero-order valence-corrected chi connectivity index (χ0v) is 15.4. The summed E-state index contributed by atoms with van der Waals surface area (Å²) < 4.78 is 4.53. The van der Waals surface area contributed by atoms with E-state index in [1.165, 1.54) is 9.13 Å². The van der Waals surface area contributed by atoms with Gasteiger partial charge >= 0.3 is 5.69 Å². The minimum atomic E-state index is -0.396. The molecule has 6 nitrogen and oxygen atoms in total. The van der Waals surface area contributed by atoms with E-state index in [0.717, 1.165) is 5.56 Å². The lowest BCUT2D eigenvalue weighted by Crippen LogP contribution is -2.39. The molecule has 0 atom stereocenters. The van der Waals surface area contributed by atoms with Crippen molar-refractivity contribution in [3.05, 3.63) is 92.3 Å². The van der Waals surface area contributed by atoms with E-state index in [4.69, 9.17) is 11.6 Å². The lowest BCUT2D eigenvalue weighted by atomic mass is 10.2. The van der Waals surface area contributed by atoms with E-state index in [2.05, 4.69) is 4.98 Å². The minimum absolute atomic E-state index is 0.266. The molecule has 0 radical (unpaired) electrons. The predicted molar refractivity (Wildman–Crippen MR) is 106 cm³/mol. The average molecular weight is 381 g/mol. The second-order valence-corrected chi connectivity index (χ2v) is 6.61. The van der Waals surface area contributed by atoms with Gasteiger partial charge in [-0.2, -0.15) is 0 Å². The normalized spacial score (nSPS) is 11.2. The zero-order valence-electron chi connectivity index (χ0n) is 14.7. The van der Waals surface area contributed by atoms with Crippen LogP contribution in [0.25, 0.3) is 16.9 Å². The van der Waals surface area contributed by atoms with Crippen LogP contribution >= 0.6 is 11.6 Å². The second-order valence-electron chi connectivity index (χ2n) is 6.17. The number of rotatable bonds is 4. The molecule has 2 aromatic heterocycles. The van der Waals surface area contributed by atoms with Crippen molar-refractivity contribution in [2.75, 3.05) is 0 Å². The van der Waals surface area contributed by atoms with Crippen LogP contribution in [0, 0.1) is 0 Å². The van der Waals surface area contributed by atoms with Crippen molar-refractivity contribution in [3.8, 4) is 5.69 Å². The standard InChI is InChI=1S/C20H17ClN4O2/c1-2-24-19(26)17-18(23(13-22-17)12-14-6-4-3-5-7-14)25(20(24)27)16-10-8-15(21)9-11-16/h3-11,13H,2,12H2,1H3. The number of imidazole rings is 1. The molecule has 0 bridgehead atoms. The van der Waals surface area contributed by atoms with E-state index in [1.807, 2.05) is 34.9 Å². The highest BCUT2D eigenvalue weighted by atomic mass is 35.5. The summed E-state index contributed by atoms with van der Waals surface area (Å²) in [5.41, 5.74) is 1.64. The Morgan fingerprint density at radius 3 is 2.37 bits per heavy atom. The fourth-order valence-electron chi connectivity index (χ4n) is 3.18. The number of nitrogens with zero attached hydrogens (tertiary/aromatic N) is 4.